The second kappa shape index (κ2) is 17.9. The van der Waals surface area contributed by atoms with E-state index in [4.69, 9.17) is 14.2 Å². The van der Waals surface area contributed by atoms with Crippen LogP contribution in [-0.2, 0) is 31.9 Å². The van der Waals surface area contributed by atoms with Crippen LogP contribution in [0, 0.1) is 0 Å². The van der Waals surface area contributed by atoms with E-state index < -0.39 is 0 Å². The van der Waals surface area contributed by atoms with Crippen LogP contribution in [0.5, 0.6) is 5.75 Å². The highest BCUT2D eigenvalue weighted by Crippen LogP contribution is 2.28. The van der Waals surface area contributed by atoms with E-state index in [1.807, 2.05) is 36.9 Å². The molecule has 2 aromatic carbocycles. The standard InChI is InChI=1S/C28H36Br2O5S/c1-3-33-27(31)14-10-15-35-26-13-9-12-21(25(26)20-28(32)34-4-2)11-7-5-6-8-16-36-24-18-22(29)17-23(30)19-24/h9,12-13,17-19H,3-8,10-11,14-16,20H2,1-2H3. The molecule has 0 aliphatic heterocycles. The Labute approximate surface area is 236 Å². The van der Waals surface area contributed by atoms with Crippen LogP contribution < -0.4 is 4.74 Å². The van der Waals surface area contributed by atoms with Crippen LogP contribution in [0.25, 0.3) is 0 Å². The summed E-state index contributed by atoms with van der Waals surface area (Å²) in [6.45, 7) is 4.73. The molecule has 198 valence electrons. The molecule has 0 radical (unpaired) electrons. The summed E-state index contributed by atoms with van der Waals surface area (Å²) in [6.07, 6.45) is 6.47. The van der Waals surface area contributed by atoms with Gasteiger partial charge in [-0.15, -0.1) is 11.8 Å². The Hall–Kier alpha value is -1.51. The van der Waals surface area contributed by atoms with Gasteiger partial charge in [0.15, 0.2) is 0 Å². The van der Waals surface area contributed by atoms with Crippen LogP contribution in [0.1, 0.15) is 63.5 Å². The zero-order valence-electron chi connectivity index (χ0n) is 21.2. The summed E-state index contributed by atoms with van der Waals surface area (Å²) in [5, 5.41) is 0. The predicted molar refractivity (Wildman–Crippen MR) is 153 cm³/mol. The highest BCUT2D eigenvalue weighted by Gasteiger charge is 2.15. The number of hydrogen-bond donors (Lipinski definition) is 0. The van der Waals surface area contributed by atoms with Gasteiger partial charge in [0, 0.05) is 25.8 Å². The van der Waals surface area contributed by atoms with Crippen molar-refractivity contribution in [2.75, 3.05) is 25.6 Å². The van der Waals surface area contributed by atoms with Gasteiger partial charge in [0.05, 0.1) is 26.2 Å². The van der Waals surface area contributed by atoms with Crippen LogP contribution in [0.15, 0.2) is 50.2 Å². The molecule has 2 aromatic rings. The molecular formula is C28H36Br2O5S. The summed E-state index contributed by atoms with van der Waals surface area (Å²) in [6, 6.07) is 12.3. The molecule has 2 rings (SSSR count). The lowest BCUT2D eigenvalue weighted by atomic mass is 9.98. The first-order valence-electron chi connectivity index (χ1n) is 12.6. The van der Waals surface area contributed by atoms with Gasteiger partial charge in [0.25, 0.3) is 0 Å². The highest BCUT2D eigenvalue weighted by molar-refractivity contribution is 9.11. The maximum Gasteiger partial charge on any atom is 0.310 e. The van der Waals surface area contributed by atoms with Gasteiger partial charge in [0.2, 0.25) is 0 Å². The molecule has 0 aliphatic carbocycles. The topological polar surface area (TPSA) is 61.8 Å². The first-order valence-corrected chi connectivity index (χ1v) is 15.1. The third-order valence-electron chi connectivity index (χ3n) is 5.39. The van der Waals surface area contributed by atoms with Gasteiger partial charge in [-0.2, -0.15) is 0 Å². The van der Waals surface area contributed by atoms with E-state index >= 15 is 0 Å². The number of benzene rings is 2. The molecule has 8 heteroatoms. The molecule has 0 bridgehead atoms. The number of carbonyl (C=O) groups is 2. The molecule has 0 atom stereocenters. The van der Waals surface area contributed by atoms with Crippen molar-refractivity contribution in [1.82, 2.24) is 0 Å². The van der Waals surface area contributed by atoms with Crippen molar-refractivity contribution in [3.05, 3.63) is 56.5 Å². The van der Waals surface area contributed by atoms with Crippen molar-refractivity contribution >= 4 is 55.6 Å². The van der Waals surface area contributed by atoms with Crippen molar-refractivity contribution in [3.63, 3.8) is 0 Å². The van der Waals surface area contributed by atoms with E-state index in [2.05, 4.69) is 50.1 Å². The van der Waals surface area contributed by atoms with Gasteiger partial charge in [0.1, 0.15) is 5.75 Å². The normalized spacial score (nSPS) is 10.8. The minimum atomic E-state index is -0.252. The average Bonchev–Trinajstić information content (AvgIpc) is 2.82. The Morgan fingerprint density at radius 1 is 0.861 bits per heavy atom. The molecule has 0 unspecified atom stereocenters. The molecule has 0 N–H and O–H groups in total. The summed E-state index contributed by atoms with van der Waals surface area (Å²) in [5.74, 6) is 1.31. The molecule has 0 amide bonds. The Kier molecular flexibility index (Phi) is 15.2. The van der Waals surface area contributed by atoms with Gasteiger partial charge >= 0.3 is 11.9 Å². The van der Waals surface area contributed by atoms with E-state index in [1.165, 1.54) is 11.3 Å². The number of rotatable bonds is 17. The third-order valence-corrected chi connectivity index (χ3v) is 7.37. The molecule has 0 aliphatic rings. The zero-order chi connectivity index (χ0) is 26.2. The summed E-state index contributed by atoms with van der Waals surface area (Å²) in [7, 11) is 0. The highest BCUT2D eigenvalue weighted by atomic mass is 79.9. The molecule has 0 fully saturated rings. The maximum atomic E-state index is 12.3. The summed E-state index contributed by atoms with van der Waals surface area (Å²) in [5.41, 5.74) is 2.02. The molecule has 36 heavy (non-hydrogen) atoms. The Morgan fingerprint density at radius 2 is 1.56 bits per heavy atom. The predicted octanol–water partition coefficient (Wildman–Crippen LogP) is 7.93. The fourth-order valence-electron chi connectivity index (χ4n) is 3.74. The second-order valence-corrected chi connectivity index (χ2v) is 11.3. The SMILES string of the molecule is CCOC(=O)CCCOc1cccc(CCCCCCSc2cc(Br)cc(Br)c2)c1CC(=O)OCC. The van der Waals surface area contributed by atoms with Crippen LogP contribution in [0.2, 0.25) is 0 Å². The Bertz CT molecular complexity index is 947. The molecule has 5 nitrogen and oxygen atoms in total. The fourth-order valence-corrected chi connectivity index (χ4v) is 6.34. The number of thioether (sulfide) groups is 1. The Balaban J connectivity index is 1.84. The van der Waals surface area contributed by atoms with Crippen LogP contribution in [0.3, 0.4) is 0 Å². The van der Waals surface area contributed by atoms with Crippen LogP contribution >= 0.6 is 43.6 Å². The lowest BCUT2D eigenvalue weighted by molar-refractivity contribution is -0.143. The molecule has 0 heterocycles. The Morgan fingerprint density at radius 3 is 2.28 bits per heavy atom. The number of halogens is 2. The lowest BCUT2D eigenvalue weighted by Gasteiger charge is -2.15. The van der Waals surface area contributed by atoms with Crippen molar-refractivity contribution < 1.29 is 23.8 Å². The van der Waals surface area contributed by atoms with Gasteiger partial charge < -0.3 is 14.2 Å². The van der Waals surface area contributed by atoms with E-state index in [0.717, 1.165) is 51.5 Å². The largest absolute Gasteiger partial charge is 0.493 e. The van der Waals surface area contributed by atoms with Gasteiger partial charge in [-0.1, -0.05) is 56.8 Å². The average molecular weight is 644 g/mol. The summed E-state index contributed by atoms with van der Waals surface area (Å²) >= 11 is 8.96. The van der Waals surface area contributed by atoms with E-state index in [0.29, 0.717) is 38.4 Å². The van der Waals surface area contributed by atoms with Crippen molar-refractivity contribution in [3.8, 4) is 5.75 Å². The molecular weight excluding hydrogens is 608 g/mol. The first-order chi connectivity index (χ1) is 17.4. The van der Waals surface area contributed by atoms with Gasteiger partial charge in [-0.25, -0.2) is 0 Å². The maximum absolute atomic E-state index is 12.3. The lowest BCUT2D eigenvalue weighted by Crippen LogP contribution is -2.12. The quantitative estimate of drug-likeness (QED) is 0.0991. The number of hydrogen-bond acceptors (Lipinski definition) is 6. The summed E-state index contributed by atoms with van der Waals surface area (Å²) < 4.78 is 18.3. The molecule has 0 saturated heterocycles. The number of carbonyl (C=O) groups excluding carboxylic acids is 2. The van der Waals surface area contributed by atoms with Crippen molar-refractivity contribution in [2.24, 2.45) is 0 Å². The smallest absolute Gasteiger partial charge is 0.310 e. The van der Waals surface area contributed by atoms with Crippen molar-refractivity contribution in [1.29, 1.82) is 0 Å². The minimum Gasteiger partial charge on any atom is -0.493 e. The van der Waals surface area contributed by atoms with Crippen LogP contribution in [0.4, 0.5) is 0 Å². The van der Waals surface area contributed by atoms with Gasteiger partial charge in [-0.05, 0) is 75.1 Å². The van der Waals surface area contributed by atoms with Crippen LogP contribution in [-0.4, -0.2) is 37.5 Å². The number of esters is 2. The van der Waals surface area contributed by atoms with Crippen molar-refractivity contribution in [2.45, 2.75) is 70.1 Å². The van der Waals surface area contributed by atoms with E-state index in [9.17, 15) is 9.59 Å². The molecule has 0 spiro atoms. The monoisotopic (exact) mass is 642 g/mol. The zero-order valence-corrected chi connectivity index (χ0v) is 25.1. The summed E-state index contributed by atoms with van der Waals surface area (Å²) in [4.78, 5) is 25.1. The number of ether oxygens (including phenoxy) is 3. The molecule has 0 saturated carbocycles. The second-order valence-electron chi connectivity index (χ2n) is 8.25. The first kappa shape index (κ1) is 30.7. The third kappa shape index (κ3) is 12.2. The minimum absolute atomic E-state index is 0.191. The van der Waals surface area contributed by atoms with Gasteiger partial charge in [-0.3, -0.25) is 9.59 Å². The van der Waals surface area contributed by atoms with E-state index in [-0.39, 0.29) is 18.4 Å². The number of unbranched alkanes of at least 4 members (excludes halogenated alkanes) is 3. The molecule has 0 aromatic heterocycles. The number of aryl methyl sites for hydroxylation is 1. The fraction of sp³-hybridized carbons (Fsp3) is 0.500. The van der Waals surface area contributed by atoms with E-state index in [1.54, 1.807) is 6.92 Å².